The first-order chi connectivity index (χ1) is 9.15. The molecule has 2 rings (SSSR count). The Morgan fingerprint density at radius 3 is 2.63 bits per heavy atom. The third-order valence-corrected chi connectivity index (χ3v) is 3.28. The molecule has 1 atom stereocenters. The van der Waals surface area contributed by atoms with Gasteiger partial charge in [0.2, 0.25) is 0 Å². The lowest BCUT2D eigenvalue weighted by Crippen LogP contribution is -2.12. The number of hydrogen-bond acceptors (Lipinski definition) is 2. The maximum Gasteiger partial charge on any atom is 0.123 e. The highest BCUT2D eigenvalue weighted by Gasteiger charge is 2.08. The molecule has 0 saturated heterocycles. The SMILES string of the molecule is Cc1cc(F)ccc1CC(O)CCc1ccncc1. The van der Waals surface area contributed by atoms with E-state index in [0.717, 1.165) is 17.5 Å². The molecule has 1 heterocycles. The molecule has 0 fully saturated rings. The Hall–Kier alpha value is -1.74. The molecule has 1 aromatic heterocycles. The van der Waals surface area contributed by atoms with E-state index in [1.54, 1.807) is 18.5 Å². The van der Waals surface area contributed by atoms with Gasteiger partial charge in [-0.3, -0.25) is 4.98 Å². The van der Waals surface area contributed by atoms with Gasteiger partial charge in [-0.15, -0.1) is 0 Å². The number of aromatic nitrogens is 1. The van der Waals surface area contributed by atoms with Crippen LogP contribution in [-0.2, 0) is 12.8 Å². The van der Waals surface area contributed by atoms with Crippen molar-refractivity contribution >= 4 is 0 Å². The quantitative estimate of drug-likeness (QED) is 0.895. The smallest absolute Gasteiger partial charge is 0.123 e. The molecule has 0 amide bonds. The number of aryl methyl sites for hydroxylation is 2. The van der Waals surface area contributed by atoms with Crippen molar-refractivity contribution in [2.75, 3.05) is 0 Å². The molecule has 0 aliphatic carbocycles. The lowest BCUT2D eigenvalue weighted by atomic mass is 9.98. The zero-order valence-corrected chi connectivity index (χ0v) is 11.0. The van der Waals surface area contributed by atoms with Crippen LogP contribution < -0.4 is 0 Å². The normalized spacial score (nSPS) is 12.4. The van der Waals surface area contributed by atoms with E-state index in [1.165, 1.54) is 17.7 Å². The van der Waals surface area contributed by atoms with Gasteiger partial charge in [0, 0.05) is 12.4 Å². The van der Waals surface area contributed by atoms with Crippen LogP contribution in [0.15, 0.2) is 42.7 Å². The van der Waals surface area contributed by atoms with Crippen LogP contribution in [0.2, 0.25) is 0 Å². The number of aliphatic hydroxyl groups is 1. The Morgan fingerprint density at radius 1 is 1.21 bits per heavy atom. The Kier molecular flexibility index (Phi) is 4.63. The molecule has 19 heavy (non-hydrogen) atoms. The number of pyridine rings is 1. The molecule has 0 spiro atoms. The fraction of sp³-hybridized carbons (Fsp3) is 0.312. The van der Waals surface area contributed by atoms with E-state index in [0.29, 0.717) is 12.8 Å². The Balaban J connectivity index is 1.89. The van der Waals surface area contributed by atoms with Crippen LogP contribution in [-0.4, -0.2) is 16.2 Å². The van der Waals surface area contributed by atoms with Crippen LogP contribution in [0.4, 0.5) is 4.39 Å². The van der Waals surface area contributed by atoms with Crippen LogP contribution in [0.5, 0.6) is 0 Å². The van der Waals surface area contributed by atoms with E-state index in [9.17, 15) is 9.50 Å². The summed E-state index contributed by atoms with van der Waals surface area (Å²) >= 11 is 0. The number of nitrogens with zero attached hydrogens (tertiary/aromatic N) is 1. The van der Waals surface area contributed by atoms with Crippen molar-refractivity contribution in [3.8, 4) is 0 Å². The minimum atomic E-state index is -0.405. The van der Waals surface area contributed by atoms with Crippen LogP contribution >= 0.6 is 0 Å². The van der Waals surface area contributed by atoms with Gasteiger partial charge in [-0.25, -0.2) is 4.39 Å². The molecule has 1 N–H and O–H groups in total. The lowest BCUT2D eigenvalue weighted by Gasteiger charge is -2.12. The van der Waals surface area contributed by atoms with Crippen molar-refractivity contribution in [2.24, 2.45) is 0 Å². The molecule has 2 aromatic rings. The summed E-state index contributed by atoms with van der Waals surface area (Å²) in [6, 6.07) is 8.61. The van der Waals surface area contributed by atoms with Gasteiger partial charge >= 0.3 is 0 Å². The predicted molar refractivity (Wildman–Crippen MR) is 73.4 cm³/mol. The highest BCUT2D eigenvalue weighted by molar-refractivity contribution is 5.27. The minimum Gasteiger partial charge on any atom is -0.393 e. The highest BCUT2D eigenvalue weighted by atomic mass is 19.1. The first-order valence-electron chi connectivity index (χ1n) is 6.47. The zero-order valence-electron chi connectivity index (χ0n) is 11.0. The van der Waals surface area contributed by atoms with Crippen molar-refractivity contribution in [3.05, 3.63) is 65.2 Å². The van der Waals surface area contributed by atoms with Gasteiger partial charge in [0.15, 0.2) is 0 Å². The third-order valence-electron chi connectivity index (χ3n) is 3.28. The van der Waals surface area contributed by atoms with E-state index in [1.807, 2.05) is 19.1 Å². The zero-order chi connectivity index (χ0) is 13.7. The standard InChI is InChI=1S/C16H18FNO/c1-12-10-15(17)4-3-14(12)11-16(19)5-2-13-6-8-18-9-7-13/h3-4,6-10,16,19H,2,5,11H2,1H3. The van der Waals surface area contributed by atoms with Gasteiger partial charge in [0.25, 0.3) is 0 Å². The van der Waals surface area contributed by atoms with E-state index in [4.69, 9.17) is 0 Å². The molecule has 1 unspecified atom stereocenters. The summed E-state index contributed by atoms with van der Waals surface area (Å²) in [4.78, 5) is 3.96. The molecular weight excluding hydrogens is 241 g/mol. The fourth-order valence-corrected chi connectivity index (χ4v) is 2.13. The van der Waals surface area contributed by atoms with E-state index in [-0.39, 0.29) is 5.82 Å². The number of hydrogen-bond donors (Lipinski definition) is 1. The summed E-state index contributed by atoms with van der Waals surface area (Å²) in [5.74, 6) is -0.229. The maximum absolute atomic E-state index is 13.0. The van der Waals surface area contributed by atoms with Gasteiger partial charge in [0.1, 0.15) is 5.82 Å². The summed E-state index contributed by atoms with van der Waals surface area (Å²) in [7, 11) is 0. The van der Waals surface area contributed by atoms with Crippen molar-refractivity contribution in [1.82, 2.24) is 4.98 Å². The molecule has 100 valence electrons. The van der Waals surface area contributed by atoms with Crippen LogP contribution in [0.25, 0.3) is 0 Å². The number of halogens is 1. The van der Waals surface area contributed by atoms with Crippen molar-refractivity contribution < 1.29 is 9.50 Å². The van der Waals surface area contributed by atoms with Crippen molar-refractivity contribution in [3.63, 3.8) is 0 Å². The second-order valence-corrected chi connectivity index (χ2v) is 4.82. The van der Waals surface area contributed by atoms with Gasteiger partial charge in [-0.1, -0.05) is 6.07 Å². The molecule has 0 aliphatic heterocycles. The molecule has 0 bridgehead atoms. The number of aliphatic hydroxyl groups excluding tert-OH is 1. The Morgan fingerprint density at radius 2 is 1.95 bits per heavy atom. The first kappa shape index (κ1) is 13.7. The summed E-state index contributed by atoms with van der Waals surface area (Å²) in [5, 5.41) is 10.0. The van der Waals surface area contributed by atoms with Gasteiger partial charge < -0.3 is 5.11 Å². The molecule has 2 nitrogen and oxygen atoms in total. The maximum atomic E-state index is 13.0. The molecule has 0 aliphatic rings. The van der Waals surface area contributed by atoms with Gasteiger partial charge in [-0.2, -0.15) is 0 Å². The minimum absolute atomic E-state index is 0.229. The second kappa shape index (κ2) is 6.43. The molecule has 0 saturated carbocycles. The third kappa shape index (κ3) is 4.14. The summed E-state index contributed by atoms with van der Waals surface area (Å²) in [5.41, 5.74) is 3.07. The van der Waals surface area contributed by atoms with Crippen LogP contribution in [0.3, 0.4) is 0 Å². The monoisotopic (exact) mass is 259 g/mol. The summed E-state index contributed by atoms with van der Waals surface area (Å²) in [6.45, 7) is 1.87. The van der Waals surface area contributed by atoms with Crippen LogP contribution in [0.1, 0.15) is 23.1 Å². The Bertz CT molecular complexity index is 528. The number of benzene rings is 1. The lowest BCUT2D eigenvalue weighted by molar-refractivity contribution is 0.165. The summed E-state index contributed by atoms with van der Waals surface area (Å²) in [6.07, 6.45) is 5.19. The Labute approximate surface area is 112 Å². The van der Waals surface area contributed by atoms with E-state index < -0.39 is 6.10 Å². The van der Waals surface area contributed by atoms with Crippen LogP contribution in [0, 0.1) is 12.7 Å². The van der Waals surface area contributed by atoms with Gasteiger partial charge in [0.05, 0.1) is 6.10 Å². The van der Waals surface area contributed by atoms with E-state index >= 15 is 0 Å². The molecule has 3 heteroatoms. The number of rotatable bonds is 5. The summed E-state index contributed by atoms with van der Waals surface area (Å²) < 4.78 is 13.0. The topological polar surface area (TPSA) is 33.1 Å². The average molecular weight is 259 g/mol. The predicted octanol–water partition coefficient (Wildman–Crippen LogP) is 3.07. The average Bonchev–Trinajstić information content (AvgIpc) is 2.41. The van der Waals surface area contributed by atoms with Gasteiger partial charge in [-0.05, 0) is 67.1 Å². The molecule has 0 radical (unpaired) electrons. The van der Waals surface area contributed by atoms with E-state index in [2.05, 4.69) is 4.98 Å². The fourth-order valence-electron chi connectivity index (χ4n) is 2.13. The molecule has 1 aromatic carbocycles. The second-order valence-electron chi connectivity index (χ2n) is 4.82. The first-order valence-corrected chi connectivity index (χ1v) is 6.47. The largest absolute Gasteiger partial charge is 0.393 e. The van der Waals surface area contributed by atoms with Crippen molar-refractivity contribution in [2.45, 2.75) is 32.3 Å². The van der Waals surface area contributed by atoms with Crippen molar-refractivity contribution in [1.29, 1.82) is 0 Å². The highest BCUT2D eigenvalue weighted by Crippen LogP contribution is 2.14. The molecular formula is C16H18FNO.